The third-order valence-corrected chi connectivity index (χ3v) is 5.48. The number of amides is 2. The van der Waals surface area contributed by atoms with Gasteiger partial charge in [0.1, 0.15) is 5.71 Å². The van der Waals surface area contributed by atoms with Crippen LogP contribution in [0.15, 0.2) is 53.9 Å². The highest BCUT2D eigenvalue weighted by molar-refractivity contribution is 6.39. The van der Waals surface area contributed by atoms with Crippen LogP contribution in [0.25, 0.3) is 0 Å². The summed E-state index contributed by atoms with van der Waals surface area (Å²) in [5.74, 6) is -0.242. The number of carbonyl (C=O) groups is 2. The summed E-state index contributed by atoms with van der Waals surface area (Å²) in [6, 6.07) is 11.3. The number of benzene rings is 1. The molecule has 7 nitrogen and oxygen atoms in total. The van der Waals surface area contributed by atoms with Gasteiger partial charge in [0.15, 0.2) is 5.60 Å². The minimum Gasteiger partial charge on any atom is -0.386 e. The fourth-order valence-electron chi connectivity index (χ4n) is 3.90. The van der Waals surface area contributed by atoms with Gasteiger partial charge in [-0.1, -0.05) is 29.4 Å². The Kier molecular flexibility index (Phi) is 5.29. The van der Waals surface area contributed by atoms with Crippen LogP contribution in [0.3, 0.4) is 0 Å². The first-order valence-corrected chi connectivity index (χ1v) is 9.83. The molecule has 4 rings (SSSR count). The summed E-state index contributed by atoms with van der Waals surface area (Å²) >= 11 is 0. The van der Waals surface area contributed by atoms with E-state index in [1.807, 2.05) is 48.2 Å². The lowest BCUT2D eigenvalue weighted by Gasteiger charge is -2.38. The number of carbonyl (C=O) groups excluding carboxylic acids is 2. The van der Waals surface area contributed by atoms with Crippen LogP contribution in [-0.4, -0.2) is 46.1 Å². The van der Waals surface area contributed by atoms with Crippen molar-refractivity contribution >= 4 is 17.5 Å². The highest BCUT2D eigenvalue weighted by Gasteiger charge is 2.45. The smallest absolute Gasteiger partial charge is 0.269 e. The number of likely N-dealkylation sites (tertiary alicyclic amines) is 1. The minimum absolute atomic E-state index is 0.000235. The monoisotopic (exact) mass is 392 g/mol. The topological polar surface area (TPSA) is 83.9 Å². The van der Waals surface area contributed by atoms with Crippen molar-refractivity contribution in [2.24, 2.45) is 5.16 Å². The van der Waals surface area contributed by atoms with E-state index in [0.717, 1.165) is 24.0 Å². The van der Waals surface area contributed by atoms with Crippen molar-refractivity contribution in [1.82, 2.24) is 15.2 Å². The third kappa shape index (κ3) is 4.13. The van der Waals surface area contributed by atoms with Crippen molar-refractivity contribution in [2.75, 3.05) is 13.1 Å². The summed E-state index contributed by atoms with van der Waals surface area (Å²) in [5.41, 5.74) is 2.34. The van der Waals surface area contributed by atoms with Gasteiger partial charge in [-0.3, -0.25) is 14.6 Å². The summed E-state index contributed by atoms with van der Waals surface area (Å²) < 4.78 is 0. The summed E-state index contributed by atoms with van der Waals surface area (Å²) in [4.78, 5) is 37.1. The maximum absolute atomic E-state index is 13.0. The first-order valence-electron chi connectivity index (χ1n) is 9.83. The van der Waals surface area contributed by atoms with Crippen molar-refractivity contribution in [2.45, 2.75) is 38.3 Å². The zero-order valence-corrected chi connectivity index (χ0v) is 16.4. The minimum atomic E-state index is -0.614. The number of piperidine rings is 1. The molecule has 1 aromatic heterocycles. The van der Waals surface area contributed by atoms with Gasteiger partial charge in [0.2, 0.25) is 0 Å². The lowest BCUT2D eigenvalue weighted by molar-refractivity contribution is -0.115. The van der Waals surface area contributed by atoms with Crippen molar-refractivity contribution in [1.29, 1.82) is 0 Å². The molecule has 1 fully saturated rings. The second-order valence-corrected chi connectivity index (χ2v) is 7.68. The third-order valence-electron chi connectivity index (χ3n) is 5.48. The Hall–Kier alpha value is -3.22. The number of nitrogens with zero attached hydrogens (tertiary/aromatic N) is 3. The quantitative estimate of drug-likeness (QED) is 0.866. The SMILES string of the molecule is Cc1ccccc1C(=O)N1CCC[C@]2(CC(C(=O)NCc3cccnc3)=NO2)C1. The molecule has 2 amide bonds. The molecular weight excluding hydrogens is 368 g/mol. The van der Waals surface area contributed by atoms with Crippen LogP contribution in [0.4, 0.5) is 0 Å². The first-order chi connectivity index (χ1) is 14.1. The Morgan fingerprint density at radius 3 is 2.90 bits per heavy atom. The Morgan fingerprint density at radius 1 is 1.24 bits per heavy atom. The van der Waals surface area contributed by atoms with E-state index in [0.29, 0.717) is 37.3 Å². The Morgan fingerprint density at radius 2 is 2.10 bits per heavy atom. The van der Waals surface area contributed by atoms with E-state index < -0.39 is 5.60 Å². The second kappa shape index (κ2) is 8.03. The van der Waals surface area contributed by atoms with Gasteiger partial charge in [-0.2, -0.15) is 0 Å². The van der Waals surface area contributed by atoms with Gasteiger partial charge in [-0.25, -0.2) is 0 Å². The number of hydrogen-bond donors (Lipinski definition) is 1. The van der Waals surface area contributed by atoms with Gasteiger partial charge >= 0.3 is 0 Å². The molecule has 3 heterocycles. The fourth-order valence-corrected chi connectivity index (χ4v) is 3.90. The van der Waals surface area contributed by atoms with Crippen molar-refractivity contribution in [3.63, 3.8) is 0 Å². The average molecular weight is 392 g/mol. The fraction of sp³-hybridized carbons (Fsp3) is 0.364. The lowest BCUT2D eigenvalue weighted by Crippen LogP contribution is -2.51. The van der Waals surface area contributed by atoms with Gasteiger partial charge in [0.25, 0.3) is 11.8 Å². The molecule has 0 radical (unpaired) electrons. The van der Waals surface area contributed by atoms with Crippen LogP contribution < -0.4 is 5.32 Å². The van der Waals surface area contributed by atoms with Gasteiger partial charge < -0.3 is 15.1 Å². The molecule has 0 aliphatic carbocycles. The van der Waals surface area contributed by atoms with Gasteiger partial charge in [-0.15, -0.1) is 0 Å². The molecule has 1 N–H and O–H groups in total. The van der Waals surface area contributed by atoms with E-state index in [-0.39, 0.29) is 11.8 Å². The van der Waals surface area contributed by atoms with E-state index in [4.69, 9.17) is 4.84 Å². The van der Waals surface area contributed by atoms with Gasteiger partial charge in [-0.05, 0) is 43.0 Å². The highest BCUT2D eigenvalue weighted by Crippen LogP contribution is 2.34. The second-order valence-electron chi connectivity index (χ2n) is 7.68. The molecule has 1 saturated heterocycles. The summed E-state index contributed by atoms with van der Waals surface area (Å²) in [6.45, 7) is 3.44. The Balaban J connectivity index is 1.38. The molecule has 2 aliphatic heterocycles. The number of oxime groups is 1. The van der Waals surface area contributed by atoms with Crippen molar-refractivity contribution in [3.05, 3.63) is 65.5 Å². The van der Waals surface area contributed by atoms with E-state index in [9.17, 15) is 9.59 Å². The normalized spacial score (nSPS) is 20.9. The number of aryl methyl sites for hydroxylation is 1. The van der Waals surface area contributed by atoms with E-state index in [2.05, 4.69) is 15.5 Å². The lowest BCUT2D eigenvalue weighted by atomic mass is 9.87. The summed E-state index contributed by atoms with van der Waals surface area (Å²) in [5, 5.41) is 6.92. The van der Waals surface area contributed by atoms with Crippen LogP contribution in [0.5, 0.6) is 0 Å². The molecule has 2 aromatic rings. The molecule has 29 heavy (non-hydrogen) atoms. The van der Waals surface area contributed by atoms with Crippen LogP contribution in [0, 0.1) is 6.92 Å². The largest absolute Gasteiger partial charge is 0.386 e. The van der Waals surface area contributed by atoms with E-state index in [1.165, 1.54) is 0 Å². The Labute approximate surface area is 169 Å². The molecular formula is C22H24N4O3. The molecule has 0 unspecified atom stereocenters. The van der Waals surface area contributed by atoms with Crippen LogP contribution in [-0.2, 0) is 16.2 Å². The molecule has 0 saturated carbocycles. The van der Waals surface area contributed by atoms with Crippen molar-refractivity contribution < 1.29 is 14.4 Å². The predicted molar refractivity (Wildman–Crippen MR) is 108 cm³/mol. The molecule has 7 heteroatoms. The van der Waals surface area contributed by atoms with Gasteiger partial charge in [0, 0.05) is 37.5 Å². The Bertz CT molecular complexity index is 944. The molecule has 1 atom stereocenters. The van der Waals surface area contributed by atoms with Crippen molar-refractivity contribution in [3.8, 4) is 0 Å². The number of rotatable bonds is 4. The molecule has 1 spiro atoms. The molecule has 150 valence electrons. The van der Waals surface area contributed by atoms with E-state index >= 15 is 0 Å². The average Bonchev–Trinajstić information content (AvgIpc) is 3.16. The van der Waals surface area contributed by atoms with E-state index in [1.54, 1.807) is 12.4 Å². The maximum Gasteiger partial charge on any atom is 0.269 e. The number of hydrogen-bond acceptors (Lipinski definition) is 5. The standard InChI is InChI=1S/C22H24N4O3/c1-16-6-2-3-8-18(16)21(28)26-11-5-9-22(15-26)12-19(25-29-22)20(27)24-14-17-7-4-10-23-13-17/h2-4,6-8,10,13H,5,9,11-12,14-15H2,1H3,(H,24,27)/t22-/m0/s1. The summed E-state index contributed by atoms with van der Waals surface area (Å²) in [6.07, 6.45) is 5.40. The highest BCUT2D eigenvalue weighted by atomic mass is 16.7. The van der Waals surface area contributed by atoms with Crippen LogP contribution in [0.2, 0.25) is 0 Å². The summed E-state index contributed by atoms with van der Waals surface area (Å²) in [7, 11) is 0. The number of aromatic nitrogens is 1. The molecule has 1 aromatic carbocycles. The molecule has 2 aliphatic rings. The zero-order chi connectivity index (χ0) is 20.3. The molecule has 0 bridgehead atoms. The zero-order valence-electron chi connectivity index (χ0n) is 16.4. The first kappa shape index (κ1) is 19.1. The number of nitrogens with one attached hydrogen (secondary N) is 1. The van der Waals surface area contributed by atoms with Crippen LogP contribution in [0.1, 0.15) is 40.7 Å². The van der Waals surface area contributed by atoms with Crippen LogP contribution >= 0.6 is 0 Å². The predicted octanol–water partition coefficient (Wildman–Crippen LogP) is 2.46. The van der Waals surface area contributed by atoms with Gasteiger partial charge in [0.05, 0.1) is 6.54 Å². The maximum atomic E-state index is 13.0. The number of pyridine rings is 1.